The second-order valence-electron chi connectivity index (χ2n) is 11.2. The van der Waals surface area contributed by atoms with Crippen LogP contribution in [0.2, 0.25) is 0 Å². The van der Waals surface area contributed by atoms with Gasteiger partial charge in [-0.05, 0) is 46.1 Å². The lowest BCUT2D eigenvalue weighted by Crippen LogP contribution is -2.61. The number of hydrogen-bond donors (Lipinski definition) is 4. The summed E-state index contributed by atoms with van der Waals surface area (Å²) < 4.78 is 10.8. The van der Waals surface area contributed by atoms with Gasteiger partial charge >= 0.3 is 12.1 Å². The Balaban J connectivity index is 2.48. The molecule has 7 N–H and O–H groups in total. The fourth-order valence-electron chi connectivity index (χ4n) is 4.33. The van der Waals surface area contributed by atoms with E-state index in [1.54, 1.807) is 30.3 Å². The molecule has 1 saturated heterocycles. The minimum atomic E-state index is -1.90. The molecule has 1 aliphatic rings. The third kappa shape index (κ3) is 10.4. The second kappa shape index (κ2) is 15.1. The first-order chi connectivity index (χ1) is 20.0. The van der Waals surface area contributed by atoms with Crippen LogP contribution in [0.15, 0.2) is 30.3 Å². The van der Waals surface area contributed by atoms with Gasteiger partial charge in [0.25, 0.3) is 5.91 Å². The number of likely N-dealkylation sites (tertiary alicyclic amines) is 1. The average molecular weight is 605 g/mol. The van der Waals surface area contributed by atoms with Crippen molar-refractivity contribution in [3.05, 3.63) is 35.9 Å². The fraction of sp³-hybridized carbons (Fsp3) is 0.536. The summed E-state index contributed by atoms with van der Waals surface area (Å²) in [5.74, 6) is -5.91. The molecule has 1 heterocycles. The quantitative estimate of drug-likeness (QED) is 0.222. The summed E-state index contributed by atoms with van der Waals surface area (Å²) in [4.78, 5) is 92.0. The van der Waals surface area contributed by atoms with Gasteiger partial charge in [0.1, 0.15) is 30.3 Å². The Morgan fingerprint density at radius 2 is 1.63 bits per heavy atom. The molecule has 1 aliphatic heterocycles. The zero-order valence-electron chi connectivity index (χ0n) is 24.7. The highest BCUT2D eigenvalue weighted by Gasteiger charge is 2.46. The highest BCUT2D eigenvalue weighted by molar-refractivity contribution is 6.04. The third-order valence-electron chi connectivity index (χ3n) is 6.28. The number of benzene rings is 1. The summed E-state index contributed by atoms with van der Waals surface area (Å²) in [6, 6.07) is 3.00. The second-order valence-corrected chi connectivity index (χ2v) is 11.2. The third-order valence-corrected chi connectivity index (χ3v) is 6.28. The van der Waals surface area contributed by atoms with Gasteiger partial charge in [-0.2, -0.15) is 0 Å². The molecule has 0 radical (unpaired) electrons. The largest absolute Gasteiger partial charge is 0.459 e. The maximum Gasteiger partial charge on any atom is 0.417 e. The first-order valence-electron chi connectivity index (χ1n) is 13.7. The lowest BCUT2D eigenvalue weighted by molar-refractivity contribution is -0.157. The van der Waals surface area contributed by atoms with E-state index in [-0.39, 0.29) is 19.6 Å². The zero-order valence-corrected chi connectivity index (χ0v) is 24.7. The molecule has 1 aromatic carbocycles. The maximum atomic E-state index is 14.0. The van der Waals surface area contributed by atoms with Crippen LogP contribution in [0.5, 0.6) is 0 Å². The molecule has 6 amide bonds. The number of hydrogen-bond acceptors (Lipinski definition) is 10. The van der Waals surface area contributed by atoms with Crippen LogP contribution in [-0.2, 0) is 44.8 Å². The molecule has 43 heavy (non-hydrogen) atoms. The standard InChI is InChI=1S/C28H40N6O9/c1-16(29)23(37)32-18(13-21(30)35)24(38)34(27(41)43-28(2,3)4)20(14-22(31)36)25(39)33-12-8-11-19(33)26(40)42-15-17-9-6-5-7-10-17/h5-7,9-10,16,18-20H,8,11-15,29H2,1-4H3,(H2,30,35)(H2,31,36)(H,32,37)/t16-,18-,19-,20-/m0/s1. The van der Waals surface area contributed by atoms with Crippen LogP contribution >= 0.6 is 0 Å². The van der Waals surface area contributed by atoms with Gasteiger partial charge in [0, 0.05) is 6.54 Å². The van der Waals surface area contributed by atoms with Crippen molar-refractivity contribution in [3.8, 4) is 0 Å². The maximum absolute atomic E-state index is 14.0. The predicted molar refractivity (Wildman–Crippen MR) is 151 cm³/mol. The van der Waals surface area contributed by atoms with E-state index in [1.807, 2.05) is 0 Å². The Hall–Kier alpha value is -4.53. The van der Waals surface area contributed by atoms with Crippen LogP contribution in [0.3, 0.4) is 0 Å². The minimum Gasteiger partial charge on any atom is -0.459 e. The van der Waals surface area contributed by atoms with Crippen molar-refractivity contribution in [2.75, 3.05) is 6.54 Å². The molecule has 0 unspecified atom stereocenters. The topological polar surface area (TPSA) is 235 Å². The van der Waals surface area contributed by atoms with Gasteiger partial charge in [-0.1, -0.05) is 30.3 Å². The van der Waals surface area contributed by atoms with Crippen molar-refractivity contribution in [2.45, 2.75) is 89.8 Å². The van der Waals surface area contributed by atoms with Crippen LogP contribution in [0.1, 0.15) is 58.9 Å². The van der Waals surface area contributed by atoms with E-state index in [4.69, 9.17) is 26.7 Å². The highest BCUT2D eigenvalue weighted by Crippen LogP contribution is 2.24. The van der Waals surface area contributed by atoms with Crippen LogP contribution in [0, 0.1) is 0 Å². The van der Waals surface area contributed by atoms with Crippen molar-refractivity contribution in [3.63, 3.8) is 0 Å². The van der Waals surface area contributed by atoms with E-state index in [2.05, 4.69) is 5.32 Å². The number of esters is 1. The number of ether oxygens (including phenoxy) is 2. The normalized spacial score (nSPS) is 16.8. The summed E-state index contributed by atoms with van der Waals surface area (Å²) in [5, 5.41) is 2.24. The molecular formula is C28H40N6O9. The summed E-state index contributed by atoms with van der Waals surface area (Å²) in [5.41, 5.74) is 15.8. The number of nitrogens with zero attached hydrogens (tertiary/aromatic N) is 2. The van der Waals surface area contributed by atoms with Crippen molar-refractivity contribution in [1.29, 1.82) is 0 Å². The molecule has 4 atom stereocenters. The highest BCUT2D eigenvalue weighted by atomic mass is 16.6. The lowest BCUT2D eigenvalue weighted by Gasteiger charge is -2.35. The van der Waals surface area contributed by atoms with Crippen LogP contribution in [-0.4, -0.2) is 87.7 Å². The number of nitrogens with one attached hydrogen (secondary N) is 1. The van der Waals surface area contributed by atoms with E-state index in [0.717, 1.165) is 10.5 Å². The number of carbonyl (C=O) groups is 7. The first kappa shape index (κ1) is 34.7. The van der Waals surface area contributed by atoms with Gasteiger partial charge in [-0.15, -0.1) is 0 Å². The molecule has 0 aliphatic carbocycles. The lowest BCUT2D eigenvalue weighted by atomic mass is 10.1. The minimum absolute atomic E-state index is 0.0433. The molecule has 0 spiro atoms. The Morgan fingerprint density at radius 1 is 1.02 bits per heavy atom. The van der Waals surface area contributed by atoms with Gasteiger partial charge in [0.2, 0.25) is 23.6 Å². The van der Waals surface area contributed by atoms with Crippen LogP contribution in [0.25, 0.3) is 0 Å². The van der Waals surface area contributed by atoms with Crippen LogP contribution < -0.4 is 22.5 Å². The van der Waals surface area contributed by atoms with E-state index in [0.29, 0.717) is 11.3 Å². The SMILES string of the molecule is C[C@H](N)C(=O)N[C@@H](CC(N)=O)C(=O)N(C(=O)OC(C)(C)C)[C@@H](CC(N)=O)C(=O)N1CCC[C@H]1C(=O)OCc1ccccc1. The van der Waals surface area contributed by atoms with Crippen LogP contribution in [0.4, 0.5) is 4.79 Å². The summed E-state index contributed by atoms with van der Waals surface area (Å²) in [6.45, 7) is 5.79. The smallest absolute Gasteiger partial charge is 0.417 e. The van der Waals surface area contributed by atoms with Gasteiger partial charge < -0.3 is 36.9 Å². The molecule has 1 aromatic rings. The number of amides is 6. The average Bonchev–Trinajstić information content (AvgIpc) is 3.39. The summed E-state index contributed by atoms with van der Waals surface area (Å²) in [7, 11) is 0. The van der Waals surface area contributed by atoms with E-state index < -0.39 is 84.2 Å². The van der Waals surface area contributed by atoms with Crippen molar-refractivity contribution >= 4 is 41.6 Å². The van der Waals surface area contributed by atoms with Crippen molar-refractivity contribution in [1.82, 2.24) is 15.1 Å². The molecule has 0 saturated carbocycles. The van der Waals surface area contributed by atoms with Gasteiger partial charge in [0.15, 0.2) is 0 Å². The van der Waals surface area contributed by atoms with E-state index in [9.17, 15) is 33.6 Å². The molecular weight excluding hydrogens is 564 g/mol. The molecule has 1 fully saturated rings. The summed E-state index contributed by atoms with van der Waals surface area (Å²) >= 11 is 0. The van der Waals surface area contributed by atoms with Gasteiger partial charge in [-0.3, -0.25) is 24.0 Å². The number of imide groups is 1. The molecule has 236 valence electrons. The Labute approximate surface area is 249 Å². The van der Waals surface area contributed by atoms with E-state index in [1.165, 1.54) is 27.7 Å². The molecule has 15 heteroatoms. The number of primary amides is 2. The first-order valence-corrected chi connectivity index (χ1v) is 13.7. The van der Waals surface area contributed by atoms with Gasteiger partial charge in [-0.25, -0.2) is 14.5 Å². The van der Waals surface area contributed by atoms with Crippen molar-refractivity contribution in [2.24, 2.45) is 17.2 Å². The number of rotatable bonds is 12. The Kier molecular flexibility index (Phi) is 12.2. The summed E-state index contributed by atoms with van der Waals surface area (Å²) in [6.07, 6.45) is -2.38. The monoisotopic (exact) mass is 604 g/mol. The molecule has 0 aromatic heterocycles. The predicted octanol–water partition coefficient (Wildman–Crippen LogP) is -0.564. The fourth-order valence-corrected chi connectivity index (χ4v) is 4.33. The molecule has 2 rings (SSSR count). The molecule has 0 bridgehead atoms. The number of nitrogens with two attached hydrogens (primary N) is 3. The van der Waals surface area contributed by atoms with Gasteiger partial charge in [0.05, 0.1) is 18.9 Å². The van der Waals surface area contributed by atoms with E-state index >= 15 is 0 Å². The van der Waals surface area contributed by atoms with Crippen molar-refractivity contribution < 1.29 is 43.0 Å². The Bertz CT molecular complexity index is 1210. The molecule has 15 nitrogen and oxygen atoms in total. The Morgan fingerprint density at radius 3 is 2.16 bits per heavy atom. The number of carbonyl (C=O) groups excluding carboxylic acids is 7. The zero-order chi connectivity index (χ0) is 32.5.